The summed E-state index contributed by atoms with van der Waals surface area (Å²) in [6.07, 6.45) is 6.82. The van der Waals surface area contributed by atoms with Crippen LogP contribution in [0.3, 0.4) is 0 Å². The number of hydrogen-bond acceptors (Lipinski definition) is 5. The third-order valence-corrected chi connectivity index (χ3v) is 4.86. The summed E-state index contributed by atoms with van der Waals surface area (Å²) in [7, 11) is 0. The Labute approximate surface area is 156 Å². The second-order valence-electron chi connectivity index (χ2n) is 6.66. The lowest BCUT2D eigenvalue weighted by molar-refractivity contribution is 0.102. The molecule has 1 N–H and O–H groups in total. The molecule has 1 saturated heterocycles. The number of fused-ring (bicyclic) bond motifs is 1. The molecule has 1 amide bonds. The molecular formula is C19H21FN6O. The first-order valence-electron chi connectivity index (χ1n) is 9.17. The fourth-order valence-electron chi connectivity index (χ4n) is 3.40. The van der Waals surface area contributed by atoms with E-state index in [1.807, 2.05) is 4.68 Å². The Balaban J connectivity index is 1.52. The number of amides is 1. The highest BCUT2D eigenvalue weighted by Crippen LogP contribution is 2.20. The molecule has 0 bridgehead atoms. The number of carbonyl (C=O) groups excluding carboxylic acids is 1. The molecule has 1 aromatic carbocycles. The fourth-order valence-corrected chi connectivity index (χ4v) is 3.40. The standard InChI is InChI=1S/C19H21FN6O/c20-16-7-3-2-6-14(16)19(27)24-17-15-12-23-26(18(15)22-13-21-17)11-10-25-8-4-1-5-9-25/h2-3,6-7,12-13H,1,4-5,8-11H2,(H,21,22,24,27). The molecule has 1 fully saturated rings. The molecule has 4 rings (SSSR count). The molecule has 2 aromatic heterocycles. The van der Waals surface area contributed by atoms with Crippen LogP contribution in [-0.2, 0) is 6.54 Å². The average molecular weight is 368 g/mol. The number of halogens is 1. The SMILES string of the molecule is O=C(Nc1ncnc2c1cnn2CCN1CCCCC1)c1ccccc1F. The van der Waals surface area contributed by atoms with E-state index < -0.39 is 11.7 Å². The summed E-state index contributed by atoms with van der Waals surface area (Å²) in [5.74, 6) is -0.788. The van der Waals surface area contributed by atoms with E-state index in [0.717, 1.165) is 26.2 Å². The summed E-state index contributed by atoms with van der Waals surface area (Å²) in [6, 6.07) is 5.85. The summed E-state index contributed by atoms with van der Waals surface area (Å²) in [5, 5.41) is 7.71. The third kappa shape index (κ3) is 3.80. The van der Waals surface area contributed by atoms with E-state index in [0.29, 0.717) is 16.9 Å². The molecule has 1 aliphatic heterocycles. The molecule has 0 radical (unpaired) electrons. The zero-order valence-electron chi connectivity index (χ0n) is 14.9. The largest absolute Gasteiger partial charge is 0.306 e. The maximum Gasteiger partial charge on any atom is 0.259 e. The third-order valence-electron chi connectivity index (χ3n) is 4.86. The van der Waals surface area contributed by atoms with E-state index in [2.05, 4.69) is 25.3 Å². The van der Waals surface area contributed by atoms with Crippen molar-refractivity contribution in [3.63, 3.8) is 0 Å². The monoisotopic (exact) mass is 368 g/mol. The van der Waals surface area contributed by atoms with Crippen molar-refractivity contribution in [2.75, 3.05) is 25.0 Å². The van der Waals surface area contributed by atoms with Crippen LogP contribution in [-0.4, -0.2) is 50.2 Å². The first-order chi connectivity index (χ1) is 13.2. The molecule has 3 aromatic rings. The Bertz CT molecular complexity index is 950. The lowest BCUT2D eigenvalue weighted by Crippen LogP contribution is -2.32. The maximum absolute atomic E-state index is 13.8. The lowest BCUT2D eigenvalue weighted by Gasteiger charge is -2.26. The summed E-state index contributed by atoms with van der Waals surface area (Å²) < 4.78 is 15.6. The first-order valence-corrected chi connectivity index (χ1v) is 9.17. The van der Waals surface area contributed by atoms with Crippen molar-refractivity contribution in [2.24, 2.45) is 0 Å². The van der Waals surface area contributed by atoms with Crippen molar-refractivity contribution in [1.29, 1.82) is 0 Å². The van der Waals surface area contributed by atoms with Gasteiger partial charge in [-0.15, -0.1) is 0 Å². The molecule has 1 aliphatic rings. The minimum absolute atomic E-state index is 0.0262. The van der Waals surface area contributed by atoms with Gasteiger partial charge < -0.3 is 10.2 Å². The fraction of sp³-hybridized carbons (Fsp3) is 0.368. The highest BCUT2D eigenvalue weighted by molar-refractivity contribution is 6.07. The number of benzene rings is 1. The van der Waals surface area contributed by atoms with Gasteiger partial charge in [0.2, 0.25) is 0 Å². The van der Waals surface area contributed by atoms with Crippen molar-refractivity contribution in [3.05, 3.63) is 48.2 Å². The normalized spacial score (nSPS) is 15.1. The number of nitrogens with one attached hydrogen (secondary N) is 1. The van der Waals surface area contributed by atoms with Crippen LogP contribution >= 0.6 is 0 Å². The number of aromatic nitrogens is 4. The molecule has 0 atom stereocenters. The van der Waals surface area contributed by atoms with Gasteiger partial charge in [0.1, 0.15) is 18.0 Å². The minimum atomic E-state index is -0.572. The van der Waals surface area contributed by atoms with Crippen LogP contribution in [0.1, 0.15) is 29.6 Å². The Morgan fingerprint density at radius 2 is 1.93 bits per heavy atom. The highest BCUT2D eigenvalue weighted by Gasteiger charge is 2.16. The van der Waals surface area contributed by atoms with Gasteiger partial charge in [0.15, 0.2) is 5.65 Å². The van der Waals surface area contributed by atoms with E-state index in [9.17, 15) is 9.18 Å². The van der Waals surface area contributed by atoms with Gasteiger partial charge in [-0.2, -0.15) is 5.10 Å². The van der Waals surface area contributed by atoms with E-state index in [-0.39, 0.29) is 5.56 Å². The molecule has 27 heavy (non-hydrogen) atoms. The lowest BCUT2D eigenvalue weighted by atomic mass is 10.1. The van der Waals surface area contributed by atoms with Gasteiger partial charge in [-0.25, -0.2) is 19.0 Å². The number of anilines is 1. The number of piperidine rings is 1. The second kappa shape index (κ2) is 7.79. The zero-order valence-corrected chi connectivity index (χ0v) is 14.9. The van der Waals surface area contributed by atoms with Crippen molar-refractivity contribution in [1.82, 2.24) is 24.6 Å². The quantitative estimate of drug-likeness (QED) is 0.749. The van der Waals surface area contributed by atoms with E-state index in [4.69, 9.17) is 0 Å². The van der Waals surface area contributed by atoms with E-state index >= 15 is 0 Å². The average Bonchev–Trinajstić information content (AvgIpc) is 3.12. The van der Waals surface area contributed by atoms with E-state index in [1.165, 1.54) is 37.7 Å². The van der Waals surface area contributed by atoms with Crippen LogP contribution in [0.15, 0.2) is 36.8 Å². The highest BCUT2D eigenvalue weighted by atomic mass is 19.1. The predicted molar refractivity (Wildman–Crippen MR) is 100.0 cm³/mol. The van der Waals surface area contributed by atoms with Crippen LogP contribution in [0.4, 0.5) is 10.2 Å². The molecule has 140 valence electrons. The van der Waals surface area contributed by atoms with Crippen molar-refractivity contribution in [2.45, 2.75) is 25.8 Å². The molecule has 0 unspecified atom stereocenters. The van der Waals surface area contributed by atoms with Gasteiger partial charge >= 0.3 is 0 Å². The van der Waals surface area contributed by atoms with Crippen molar-refractivity contribution >= 4 is 22.8 Å². The topological polar surface area (TPSA) is 75.9 Å². The zero-order chi connectivity index (χ0) is 18.6. The van der Waals surface area contributed by atoms with E-state index in [1.54, 1.807) is 18.3 Å². The van der Waals surface area contributed by atoms with Gasteiger partial charge in [-0.1, -0.05) is 18.6 Å². The summed E-state index contributed by atoms with van der Waals surface area (Å²) >= 11 is 0. The van der Waals surface area contributed by atoms with Crippen LogP contribution < -0.4 is 5.32 Å². The molecule has 0 spiro atoms. The smallest absolute Gasteiger partial charge is 0.259 e. The molecule has 0 aliphatic carbocycles. The number of likely N-dealkylation sites (tertiary alicyclic amines) is 1. The minimum Gasteiger partial charge on any atom is -0.306 e. The van der Waals surface area contributed by atoms with Crippen LogP contribution in [0.25, 0.3) is 11.0 Å². The Morgan fingerprint density at radius 1 is 1.11 bits per heavy atom. The molecule has 8 heteroatoms. The van der Waals surface area contributed by atoms with Crippen molar-refractivity contribution in [3.8, 4) is 0 Å². The van der Waals surface area contributed by atoms with Crippen molar-refractivity contribution < 1.29 is 9.18 Å². The van der Waals surface area contributed by atoms with Gasteiger partial charge in [-0.05, 0) is 38.1 Å². The number of carbonyl (C=O) groups is 1. The molecule has 3 heterocycles. The Morgan fingerprint density at radius 3 is 2.74 bits per heavy atom. The van der Waals surface area contributed by atoms with Gasteiger partial charge in [0.25, 0.3) is 5.91 Å². The first kappa shape index (κ1) is 17.5. The van der Waals surface area contributed by atoms with Gasteiger partial charge in [0, 0.05) is 6.54 Å². The summed E-state index contributed by atoms with van der Waals surface area (Å²) in [4.78, 5) is 23.2. The number of rotatable bonds is 5. The summed E-state index contributed by atoms with van der Waals surface area (Å²) in [6.45, 7) is 3.88. The van der Waals surface area contributed by atoms with Gasteiger partial charge in [-0.3, -0.25) is 4.79 Å². The van der Waals surface area contributed by atoms with Crippen LogP contribution in [0.2, 0.25) is 0 Å². The molecule has 7 nitrogen and oxygen atoms in total. The molecular weight excluding hydrogens is 347 g/mol. The molecule has 0 saturated carbocycles. The Kier molecular flexibility index (Phi) is 5.06. The number of nitrogens with zero attached hydrogens (tertiary/aromatic N) is 5. The Hall–Kier alpha value is -2.87. The van der Waals surface area contributed by atoms with Crippen LogP contribution in [0, 0.1) is 5.82 Å². The summed E-state index contributed by atoms with van der Waals surface area (Å²) in [5.41, 5.74) is 0.632. The number of hydrogen-bond donors (Lipinski definition) is 1. The maximum atomic E-state index is 13.8. The predicted octanol–water partition coefficient (Wildman–Crippen LogP) is 2.70. The van der Waals surface area contributed by atoms with Crippen LogP contribution in [0.5, 0.6) is 0 Å². The van der Waals surface area contributed by atoms with Gasteiger partial charge in [0.05, 0.1) is 23.7 Å². The second-order valence-corrected chi connectivity index (χ2v) is 6.66.